The minimum atomic E-state index is 0.328. The number of nitrogens with two attached hydrogens (primary N) is 1. The Hall–Kier alpha value is -0.830. The van der Waals surface area contributed by atoms with Gasteiger partial charge in [-0.25, -0.2) is 4.98 Å². The molecule has 1 aromatic heterocycles. The van der Waals surface area contributed by atoms with Gasteiger partial charge in [0, 0.05) is 25.2 Å². The van der Waals surface area contributed by atoms with Gasteiger partial charge in [0.05, 0.1) is 5.69 Å². The maximum absolute atomic E-state index is 5.95. The number of rotatable bonds is 5. The van der Waals surface area contributed by atoms with E-state index in [1.807, 2.05) is 0 Å². The molecule has 0 aliphatic carbocycles. The third-order valence-corrected chi connectivity index (χ3v) is 3.37. The molecule has 1 aromatic rings. The largest absolute Gasteiger partial charge is 0.333 e. The lowest BCUT2D eigenvalue weighted by Gasteiger charge is -2.19. The van der Waals surface area contributed by atoms with Crippen LogP contribution in [0.4, 0.5) is 0 Å². The smallest absolute Gasteiger partial charge is 0.109 e. The summed E-state index contributed by atoms with van der Waals surface area (Å²) in [7, 11) is 0. The van der Waals surface area contributed by atoms with Crippen LogP contribution in [-0.2, 0) is 19.4 Å². The van der Waals surface area contributed by atoms with E-state index in [1.54, 1.807) is 0 Å². The number of aromatic nitrogens is 2. The molecule has 0 spiro atoms. The van der Waals surface area contributed by atoms with Crippen molar-refractivity contribution < 1.29 is 0 Å². The van der Waals surface area contributed by atoms with Crippen LogP contribution in [-0.4, -0.2) is 15.6 Å². The highest BCUT2D eigenvalue weighted by atomic mass is 15.1. The molecule has 3 heteroatoms. The lowest BCUT2D eigenvalue weighted by molar-refractivity contribution is 0.453. The molecule has 0 fully saturated rings. The Bertz CT molecular complexity index is 330. The normalized spacial score (nSPS) is 19.8. The zero-order chi connectivity index (χ0) is 11.4. The molecule has 16 heavy (non-hydrogen) atoms. The van der Waals surface area contributed by atoms with Crippen molar-refractivity contribution in [3.05, 3.63) is 17.7 Å². The van der Waals surface area contributed by atoms with Crippen LogP contribution in [0.2, 0.25) is 0 Å². The van der Waals surface area contributed by atoms with Gasteiger partial charge in [-0.2, -0.15) is 0 Å². The van der Waals surface area contributed by atoms with E-state index in [1.165, 1.54) is 37.2 Å². The topological polar surface area (TPSA) is 43.8 Å². The molecule has 0 bridgehead atoms. The number of nitrogens with zero attached hydrogens (tertiary/aromatic N) is 2. The fourth-order valence-corrected chi connectivity index (χ4v) is 2.38. The van der Waals surface area contributed by atoms with Gasteiger partial charge in [-0.1, -0.05) is 26.2 Å². The number of unbranched alkanes of at least 4 members (excludes halogenated alkanes) is 3. The van der Waals surface area contributed by atoms with E-state index in [0.717, 1.165) is 25.8 Å². The lowest BCUT2D eigenvalue weighted by atomic mass is 10.1. The van der Waals surface area contributed by atoms with Crippen LogP contribution in [0.15, 0.2) is 6.20 Å². The highest BCUT2D eigenvalue weighted by molar-refractivity contribution is 5.07. The highest BCUT2D eigenvalue weighted by Gasteiger charge is 2.16. The van der Waals surface area contributed by atoms with Gasteiger partial charge in [-0.3, -0.25) is 0 Å². The van der Waals surface area contributed by atoms with Gasteiger partial charge in [-0.15, -0.1) is 0 Å². The molecule has 1 aliphatic heterocycles. The van der Waals surface area contributed by atoms with Crippen molar-refractivity contribution in [2.45, 2.75) is 64.5 Å². The summed E-state index contributed by atoms with van der Waals surface area (Å²) in [5, 5.41) is 0. The molecule has 2 heterocycles. The molecule has 2 N–H and O–H groups in total. The second-order valence-electron chi connectivity index (χ2n) is 4.91. The van der Waals surface area contributed by atoms with Gasteiger partial charge in [0.2, 0.25) is 0 Å². The maximum atomic E-state index is 5.95. The van der Waals surface area contributed by atoms with Crippen LogP contribution >= 0.6 is 0 Å². The second-order valence-corrected chi connectivity index (χ2v) is 4.91. The molecule has 0 radical (unpaired) electrons. The summed E-state index contributed by atoms with van der Waals surface area (Å²) in [5.74, 6) is 1.24. The minimum absolute atomic E-state index is 0.328. The summed E-state index contributed by atoms with van der Waals surface area (Å²) in [4.78, 5) is 4.69. The average Bonchev–Trinajstić information content (AvgIpc) is 2.66. The van der Waals surface area contributed by atoms with Crippen LogP contribution < -0.4 is 5.73 Å². The van der Waals surface area contributed by atoms with Gasteiger partial charge < -0.3 is 10.3 Å². The van der Waals surface area contributed by atoms with Gasteiger partial charge in [0.15, 0.2) is 0 Å². The molecule has 1 aliphatic rings. The van der Waals surface area contributed by atoms with Crippen LogP contribution in [0.5, 0.6) is 0 Å². The Balaban J connectivity index is 1.87. The maximum Gasteiger partial charge on any atom is 0.109 e. The van der Waals surface area contributed by atoms with E-state index in [0.29, 0.717) is 6.04 Å². The van der Waals surface area contributed by atoms with Crippen LogP contribution in [0, 0.1) is 0 Å². The van der Waals surface area contributed by atoms with Crippen molar-refractivity contribution in [3.8, 4) is 0 Å². The van der Waals surface area contributed by atoms with E-state index in [-0.39, 0.29) is 0 Å². The molecule has 1 atom stereocenters. The first-order valence-electron chi connectivity index (χ1n) is 6.60. The molecule has 0 saturated heterocycles. The van der Waals surface area contributed by atoms with E-state index in [2.05, 4.69) is 17.7 Å². The fourth-order valence-electron chi connectivity index (χ4n) is 2.38. The van der Waals surface area contributed by atoms with Crippen molar-refractivity contribution >= 4 is 0 Å². The molecular formula is C13H23N3. The third-order valence-electron chi connectivity index (χ3n) is 3.37. The predicted octanol–water partition coefficient (Wildman–Crippen LogP) is 2.28. The zero-order valence-electron chi connectivity index (χ0n) is 10.3. The Labute approximate surface area is 98.1 Å². The molecule has 2 rings (SSSR count). The number of hydrogen-bond donors (Lipinski definition) is 1. The standard InChI is InChI=1S/C13H23N3/c1-2-3-4-5-6-12-10-16-9-11(14)7-8-13(16)15-12/h10-11H,2-9,14H2,1H3. The number of imidazole rings is 1. The van der Waals surface area contributed by atoms with E-state index < -0.39 is 0 Å². The summed E-state index contributed by atoms with van der Waals surface area (Å²) in [6, 6.07) is 0.328. The lowest BCUT2D eigenvalue weighted by Crippen LogP contribution is -2.31. The number of aryl methyl sites for hydroxylation is 2. The highest BCUT2D eigenvalue weighted by Crippen LogP contribution is 2.15. The molecule has 3 nitrogen and oxygen atoms in total. The summed E-state index contributed by atoms with van der Waals surface area (Å²) < 4.78 is 2.25. The Kier molecular flexibility index (Phi) is 3.99. The average molecular weight is 221 g/mol. The number of fused-ring (bicyclic) bond motifs is 1. The monoisotopic (exact) mass is 221 g/mol. The summed E-state index contributed by atoms with van der Waals surface area (Å²) in [5.41, 5.74) is 7.21. The van der Waals surface area contributed by atoms with Gasteiger partial charge in [0.1, 0.15) is 5.82 Å². The van der Waals surface area contributed by atoms with Crippen molar-refractivity contribution in [3.63, 3.8) is 0 Å². The molecular weight excluding hydrogens is 198 g/mol. The Morgan fingerprint density at radius 3 is 3.12 bits per heavy atom. The quantitative estimate of drug-likeness (QED) is 0.775. The van der Waals surface area contributed by atoms with Gasteiger partial charge >= 0.3 is 0 Å². The van der Waals surface area contributed by atoms with Crippen LogP contribution in [0.1, 0.15) is 50.5 Å². The summed E-state index contributed by atoms with van der Waals surface area (Å²) in [6.07, 6.45) is 10.7. The molecule has 0 amide bonds. The first kappa shape index (κ1) is 11.6. The Morgan fingerprint density at radius 2 is 2.31 bits per heavy atom. The van der Waals surface area contributed by atoms with Crippen molar-refractivity contribution in [1.29, 1.82) is 0 Å². The van der Waals surface area contributed by atoms with E-state index >= 15 is 0 Å². The van der Waals surface area contributed by atoms with Gasteiger partial charge in [0.25, 0.3) is 0 Å². The van der Waals surface area contributed by atoms with Crippen molar-refractivity contribution in [2.24, 2.45) is 5.73 Å². The fraction of sp³-hybridized carbons (Fsp3) is 0.769. The van der Waals surface area contributed by atoms with Crippen molar-refractivity contribution in [2.75, 3.05) is 0 Å². The first-order chi connectivity index (χ1) is 7.79. The van der Waals surface area contributed by atoms with Crippen LogP contribution in [0.25, 0.3) is 0 Å². The minimum Gasteiger partial charge on any atom is -0.333 e. The van der Waals surface area contributed by atoms with Crippen molar-refractivity contribution in [1.82, 2.24) is 9.55 Å². The van der Waals surface area contributed by atoms with E-state index in [4.69, 9.17) is 10.7 Å². The number of hydrogen-bond acceptors (Lipinski definition) is 2. The third kappa shape index (κ3) is 2.85. The molecule has 0 aromatic carbocycles. The molecule has 0 saturated carbocycles. The summed E-state index contributed by atoms with van der Waals surface area (Å²) >= 11 is 0. The first-order valence-corrected chi connectivity index (χ1v) is 6.60. The SMILES string of the molecule is CCCCCCc1cn2c(n1)CCC(N)C2. The Morgan fingerprint density at radius 1 is 1.44 bits per heavy atom. The molecule has 90 valence electrons. The zero-order valence-corrected chi connectivity index (χ0v) is 10.3. The summed E-state index contributed by atoms with van der Waals surface area (Å²) in [6.45, 7) is 3.20. The van der Waals surface area contributed by atoms with E-state index in [9.17, 15) is 0 Å². The van der Waals surface area contributed by atoms with Gasteiger partial charge in [-0.05, 0) is 19.3 Å². The molecule has 1 unspecified atom stereocenters. The second kappa shape index (κ2) is 5.48. The van der Waals surface area contributed by atoms with Crippen LogP contribution in [0.3, 0.4) is 0 Å². The predicted molar refractivity (Wildman–Crippen MR) is 66.4 cm³/mol.